The average Bonchev–Trinajstić information content (AvgIpc) is 2.65. The van der Waals surface area contributed by atoms with Crippen LogP contribution in [0.1, 0.15) is 23.6 Å². The van der Waals surface area contributed by atoms with E-state index in [1.165, 1.54) is 5.56 Å². The first-order valence-corrected chi connectivity index (χ1v) is 8.27. The fourth-order valence-corrected chi connectivity index (χ4v) is 3.22. The summed E-state index contributed by atoms with van der Waals surface area (Å²) in [5.41, 5.74) is 2.33. The molecule has 0 fully saturated rings. The van der Waals surface area contributed by atoms with E-state index >= 15 is 0 Å². The number of para-hydroxylation sites is 1. The third-order valence-electron chi connectivity index (χ3n) is 4.40. The molecule has 2 aromatic carbocycles. The van der Waals surface area contributed by atoms with Crippen molar-refractivity contribution in [1.82, 2.24) is 5.32 Å². The number of methoxy groups -OCH3 is 1. The summed E-state index contributed by atoms with van der Waals surface area (Å²) in [6.07, 6.45) is 0.957. The maximum absolute atomic E-state index is 5.72. The zero-order chi connectivity index (χ0) is 16.4. The standard InChI is InChI=1S/C19H21NO4.ClH/c1-21-17-10-13(11-18-19(17)24-9-8-23-18)12-20-15-6-7-22-16-5-3-2-4-14(15)16;/h2-5,10-11,15,20H,6-9,12H2,1H3;1H. The maximum atomic E-state index is 5.72. The van der Waals surface area contributed by atoms with E-state index in [1.54, 1.807) is 7.11 Å². The number of hydrogen-bond acceptors (Lipinski definition) is 5. The number of fused-ring (bicyclic) bond motifs is 2. The van der Waals surface area contributed by atoms with Crippen molar-refractivity contribution in [2.45, 2.75) is 19.0 Å². The second-order valence-corrected chi connectivity index (χ2v) is 5.93. The lowest BCUT2D eigenvalue weighted by atomic mass is 10.0. The van der Waals surface area contributed by atoms with Gasteiger partial charge in [0.1, 0.15) is 19.0 Å². The smallest absolute Gasteiger partial charge is 0.203 e. The van der Waals surface area contributed by atoms with Crippen molar-refractivity contribution >= 4 is 12.4 Å². The van der Waals surface area contributed by atoms with Crippen molar-refractivity contribution in [3.05, 3.63) is 47.5 Å². The minimum absolute atomic E-state index is 0. The average molecular weight is 364 g/mol. The van der Waals surface area contributed by atoms with E-state index in [9.17, 15) is 0 Å². The summed E-state index contributed by atoms with van der Waals surface area (Å²) >= 11 is 0. The van der Waals surface area contributed by atoms with Crippen LogP contribution in [0.15, 0.2) is 36.4 Å². The van der Waals surface area contributed by atoms with Crippen molar-refractivity contribution < 1.29 is 18.9 Å². The fourth-order valence-electron chi connectivity index (χ4n) is 3.22. The van der Waals surface area contributed by atoms with Gasteiger partial charge in [0.2, 0.25) is 5.75 Å². The zero-order valence-corrected chi connectivity index (χ0v) is 14.9. The summed E-state index contributed by atoms with van der Waals surface area (Å²) in [6, 6.07) is 12.5. The molecule has 2 aliphatic heterocycles. The van der Waals surface area contributed by atoms with Crippen LogP contribution in [0.4, 0.5) is 0 Å². The van der Waals surface area contributed by atoms with E-state index in [0.29, 0.717) is 19.0 Å². The third-order valence-corrected chi connectivity index (χ3v) is 4.40. The molecule has 0 saturated heterocycles. The summed E-state index contributed by atoms with van der Waals surface area (Å²) in [6.45, 7) is 2.59. The molecule has 0 aromatic heterocycles. The van der Waals surface area contributed by atoms with Crippen molar-refractivity contribution in [1.29, 1.82) is 0 Å². The molecule has 2 heterocycles. The van der Waals surface area contributed by atoms with Crippen molar-refractivity contribution in [3.63, 3.8) is 0 Å². The van der Waals surface area contributed by atoms with Crippen LogP contribution >= 0.6 is 12.4 Å². The monoisotopic (exact) mass is 363 g/mol. The van der Waals surface area contributed by atoms with E-state index in [-0.39, 0.29) is 18.4 Å². The SMILES string of the molecule is COc1cc(CNC2CCOc3ccccc32)cc2c1OCCO2.Cl. The highest BCUT2D eigenvalue weighted by Gasteiger charge is 2.22. The molecule has 0 aliphatic carbocycles. The molecule has 0 amide bonds. The summed E-state index contributed by atoms with van der Waals surface area (Å²) < 4.78 is 22.5. The van der Waals surface area contributed by atoms with Crippen LogP contribution in [-0.4, -0.2) is 26.9 Å². The Labute approximate surface area is 153 Å². The highest BCUT2D eigenvalue weighted by atomic mass is 35.5. The molecular weight excluding hydrogens is 342 g/mol. The molecule has 4 rings (SSSR count). The maximum Gasteiger partial charge on any atom is 0.203 e. The first-order chi connectivity index (χ1) is 11.8. The van der Waals surface area contributed by atoms with Gasteiger partial charge in [-0.15, -0.1) is 12.4 Å². The van der Waals surface area contributed by atoms with Gasteiger partial charge in [-0.3, -0.25) is 0 Å². The molecule has 0 radical (unpaired) electrons. The largest absolute Gasteiger partial charge is 0.493 e. The number of rotatable bonds is 4. The number of hydrogen-bond donors (Lipinski definition) is 1. The Morgan fingerprint density at radius 1 is 1.04 bits per heavy atom. The van der Waals surface area contributed by atoms with Gasteiger partial charge in [-0.2, -0.15) is 0 Å². The number of halogens is 1. The molecule has 2 aliphatic rings. The van der Waals surface area contributed by atoms with Gasteiger partial charge in [-0.05, 0) is 23.8 Å². The molecule has 6 heteroatoms. The van der Waals surface area contributed by atoms with Gasteiger partial charge >= 0.3 is 0 Å². The first kappa shape index (κ1) is 17.7. The number of benzene rings is 2. The Balaban J connectivity index is 0.00000182. The lowest BCUT2D eigenvalue weighted by Crippen LogP contribution is -2.26. The lowest BCUT2D eigenvalue weighted by molar-refractivity contribution is 0.165. The molecule has 0 saturated carbocycles. The minimum atomic E-state index is 0. The van der Waals surface area contributed by atoms with Crippen molar-refractivity contribution in [3.8, 4) is 23.0 Å². The predicted molar refractivity (Wildman–Crippen MR) is 97.4 cm³/mol. The van der Waals surface area contributed by atoms with Crippen LogP contribution in [0.2, 0.25) is 0 Å². The van der Waals surface area contributed by atoms with E-state index in [0.717, 1.165) is 42.4 Å². The van der Waals surface area contributed by atoms with E-state index < -0.39 is 0 Å². The highest BCUT2D eigenvalue weighted by Crippen LogP contribution is 2.40. The van der Waals surface area contributed by atoms with E-state index in [1.807, 2.05) is 24.3 Å². The Morgan fingerprint density at radius 2 is 1.84 bits per heavy atom. The van der Waals surface area contributed by atoms with Gasteiger partial charge in [0.15, 0.2) is 11.5 Å². The summed E-state index contributed by atoms with van der Waals surface area (Å²) in [5.74, 6) is 3.14. The summed E-state index contributed by atoms with van der Waals surface area (Å²) in [5, 5.41) is 3.62. The van der Waals surface area contributed by atoms with Gasteiger partial charge < -0.3 is 24.3 Å². The van der Waals surface area contributed by atoms with Gasteiger partial charge in [0.25, 0.3) is 0 Å². The molecule has 0 spiro atoms. The predicted octanol–water partition coefficient (Wildman–Crippen LogP) is 3.50. The van der Waals surface area contributed by atoms with Crippen LogP contribution in [0.25, 0.3) is 0 Å². The molecule has 1 unspecified atom stereocenters. The van der Waals surface area contributed by atoms with Crippen LogP contribution < -0.4 is 24.3 Å². The molecule has 134 valence electrons. The Bertz CT molecular complexity index is 720. The van der Waals surface area contributed by atoms with Gasteiger partial charge in [-0.25, -0.2) is 0 Å². The quantitative estimate of drug-likeness (QED) is 0.900. The normalized spacial score (nSPS) is 17.7. The Morgan fingerprint density at radius 3 is 2.72 bits per heavy atom. The Kier molecular flexibility index (Phi) is 5.56. The highest BCUT2D eigenvalue weighted by molar-refractivity contribution is 5.85. The second kappa shape index (κ2) is 7.85. The second-order valence-electron chi connectivity index (χ2n) is 5.93. The van der Waals surface area contributed by atoms with Gasteiger partial charge in [0.05, 0.1) is 13.7 Å². The minimum Gasteiger partial charge on any atom is -0.493 e. The molecule has 1 N–H and O–H groups in total. The summed E-state index contributed by atoms with van der Waals surface area (Å²) in [7, 11) is 1.65. The van der Waals surface area contributed by atoms with E-state index in [4.69, 9.17) is 18.9 Å². The van der Waals surface area contributed by atoms with Crippen LogP contribution in [0.5, 0.6) is 23.0 Å². The van der Waals surface area contributed by atoms with E-state index in [2.05, 4.69) is 17.4 Å². The first-order valence-electron chi connectivity index (χ1n) is 8.27. The van der Waals surface area contributed by atoms with Crippen molar-refractivity contribution in [2.24, 2.45) is 0 Å². The molecular formula is C19H22ClNO4. The number of ether oxygens (including phenoxy) is 4. The van der Waals surface area contributed by atoms with Gasteiger partial charge in [-0.1, -0.05) is 18.2 Å². The van der Waals surface area contributed by atoms with Crippen molar-refractivity contribution in [2.75, 3.05) is 26.9 Å². The number of nitrogens with one attached hydrogen (secondary N) is 1. The molecule has 5 nitrogen and oxygen atoms in total. The van der Waals surface area contributed by atoms with Crippen LogP contribution in [-0.2, 0) is 6.54 Å². The molecule has 1 atom stereocenters. The lowest BCUT2D eigenvalue weighted by Gasteiger charge is -2.27. The zero-order valence-electron chi connectivity index (χ0n) is 14.1. The molecule has 2 aromatic rings. The topological polar surface area (TPSA) is 49.0 Å². The third kappa shape index (κ3) is 3.62. The van der Waals surface area contributed by atoms with Gasteiger partial charge in [0, 0.05) is 24.6 Å². The fraction of sp³-hybridized carbons (Fsp3) is 0.368. The summed E-state index contributed by atoms with van der Waals surface area (Å²) in [4.78, 5) is 0. The Hall–Kier alpha value is -2.11. The van der Waals surface area contributed by atoms with Crippen LogP contribution in [0, 0.1) is 0 Å². The molecule has 0 bridgehead atoms. The van der Waals surface area contributed by atoms with Crippen LogP contribution in [0.3, 0.4) is 0 Å². The molecule has 25 heavy (non-hydrogen) atoms.